The molecule has 2 fully saturated rings. The largest absolute Gasteiger partial charge is 0.494 e. The van der Waals surface area contributed by atoms with Gasteiger partial charge in [-0.3, -0.25) is 24.7 Å². The molecule has 0 radical (unpaired) electrons. The molecule has 0 saturated carbocycles. The van der Waals surface area contributed by atoms with Gasteiger partial charge in [0.05, 0.1) is 30.3 Å². The highest BCUT2D eigenvalue weighted by molar-refractivity contribution is 6.04. The van der Waals surface area contributed by atoms with E-state index in [0.717, 1.165) is 24.0 Å². The first-order valence-electron chi connectivity index (χ1n) is 14.9. The number of fused-ring (bicyclic) bond motifs is 5. The van der Waals surface area contributed by atoms with Crippen LogP contribution in [0, 0.1) is 5.82 Å². The molecule has 0 aliphatic carbocycles. The molecule has 8 rings (SSSR count). The molecule has 4 aromatic heterocycles. The molecule has 1 amide bonds. The van der Waals surface area contributed by atoms with E-state index in [1.165, 1.54) is 19.5 Å². The third kappa shape index (κ3) is 4.35. The number of H-pyrrole nitrogens is 1. The van der Waals surface area contributed by atoms with Crippen LogP contribution in [-0.4, -0.2) is 77.1 Å². The Morgan fingerprint density at radius 1 is 1.09 bits per heavy atom. The summed E-state index contributed by atoms with van der Waals surface area (Å²) in [6.07, 6.45) is 8.10. The van der Waals surface area contributed by atoms with Crippen molar-refractivity contribution in [3.63, 3.8) is 0 Å². The fourth-order valence-electron chi connectivity index (χ4n) is 7.19. The number of halogens is 1. The summed E-state index contributed by atoms with van der Waals surface area (Å²) >= 11 is 0. The summed E-state index contributed by atoms with van der Waals surface area (Å²) in [4.78, 5) is 42.4. The second-order valence-electron chi connectivity index (χ2n) is 11.7. The number of hydrazine groups is 1. The Labute approximate surface area is 256 Å². The van der Waals surface area contributed by atoms with Crippen molar-refractivity contribution in [2.24, 2.45) is 5.84 Å². The molecule has 2 atom stereocenters. The molecule has 13 nitrogen and oxygen atoms in total. The Kier molecular flexibility index (Phi) is 6.34. The first kappa shape index (κ1) is 27.3. The maximum absolute atomic E-state index is 14.3. The molecule has 7 heterocycles. The van der Waals surface area contributed by atoms with Gasteiger partial charge in [-0.25, -0.2) is 20.2 Å². The van der Waals surface area contributed by atoms with E-state index in [9.17, 15) is 14.0 Å². The van der Waals surface area contributed by atoms with Gasteiger partial charge in [0.1, 0.15) is 6.33 Å². The summed E-state index contributed by atoms with van der Waals surface area (Å²) in [6, 6.07) is 8.41. The Hall–Kier alpha value is -5.24. The first-order valence-corrected chi connectivity index (χ1v) is 14.9. The zero-order valence-corrected chi connectivity index (χ0v) is 24.4. The number of nitrogens with one attached hydrogen (secondary N) is 1. The van der Waals surface area contributed by atoms with Gasteiger partial charge >= 0.3 is 0 Å². The van der Waals surface area contributed by atoms with Crippen molar-refractivity contribution >= 4 is 23.2 Å². The zero-order valence-electron chi connectivity index (χ0n) is 24.4. The number of piperidine rings is 1. The average Bonchev–Trinajstić information content (AvgIpc) is 3.80. The third-order valence-corrected chi connectivity index (χ3v) is 9.28. The quantitative estimate of drug-likeness (QED) is 0.283. The van der Waals surface area contributed by atoms with E-state index in [1.54, 1.807) is 34.1 Å². The first-order chi connectivity index (χ1) is 21.9. The number of pyridine rings is 1. The van der Waals surface area contributed by atoms with Gasteiger partial charge in [0.25, 0.3) is 5.91 Å². The number of ether oxygens (including phenoxy) is 1. The Bertz CT molecular complexity index is 1940. The van der Waals surface area contributed by atoms with Gasteiger partial charge in [0, 0.05) is 53.9 Å². The lowest BCUT2D eigenvalue weighted by molar-refractivity contribution is 0.0556. The molecule has 14 heteroatoms. The number of anilines is 1. The van der Waals surface area contributed by atoms with Crippen LogP contribution in [0.5, 0.6) is 5.75 Å². The van der Waals surface area contributed by atoms with Gasteiger partial charge in [-0.1, -0.05) is 6.07 Å². The molecule has 3 aliphatic rings. The van der Waals surface area contributed by atoms with Crippen molar-refractivity contribution in [1.29, 1.82) is 0 Å². The standard InChI is InChI=1S/C31H29FN10O3/c1-45-25-7-3-16(12-22(25)32)23-6-2-17(13-34-23)21-14-37-42-29(21)38-27(26-24(43)8-9-40(33)30(26)42)18-10-19-4-5-20(11-18)41(19)31(44)28-35-15-36-39-28/h2-3,6-7,12-15,18-20H,4-5,8-11,33H2,1H3,(H,35,36,39). The molecule has 0 spiro atoms. The van der Waals surface area contributed by atoms with Crippen LogP contribution in [0.3, 0.4) is 0 Å². The number of Topliss-reactive ketones (excluding diaryl/α,β-unsaturated/α-hetero) is 1. The van der Waals surface area contributed by atoms with E-state index in [-0.39, 0.29) is 47.7 Å². The van der Waals surface area contributed by atoms with E-state index in [2.05, 4.69) is 25.3 Å². The molecule has 228 valence electrons. The lowest BCUT2D eigenvalue weighted by Crippen LogP contribution is -2.47. The minimum Gasteiger partial charge on any atom is -0.494 e. The minimum atomic E-state index is -0.465. The summed E-state index contributed by atoms with van der Waals surface area (Å²) in [7, 11) is 1.42. The fourth-order valence-corrected chi connectivity index (χ4v) is 7.19. The second kappa shape index (κ2) is 10.4. The van der Waals surface area contributed by atoms with E-state index >= 15 is 0 Å². The monoisotopic (exact) mass is 608 g/mol. The van der Waals surface area contributed by atoms with Gasteiger partial charge in [-0.15, -0.1) is 0 Å². The van der Waals surface area contributed by atoms with Crippen molar-refractivity contribution < 1.29 is 18.7 Å². The number of aromatic nitrogens is 7. The summed E-state index contributed by atoms with van der Waals surface area (Å²) in [5.41, 5.74) is 4.47. The maximum Gasteiger partial charge on any atom is 0.291 e. The van der Waals surface area contributed by atoms with Crippen LogP contribution in [0.15, 0.2) is 49.1 Å². The summed E-state index contributed by atoms with van der Waals surface area (Å²) in [6.45, 7) is 0.365. The molecule has 3 N–H and O–H groups in total. The minimum absolute atomic E-state index is 0.00313. The average molecular weight is 609 g/mol. The lowest BCUT2D eigenvalue weighted by Gasteiger charge is -2.39. The van der Waals surface area contributed by atoms with E-state index in [1.807, 2.05) is 17.0 Å². The number of ketones is 1. The predicted molar refractivity (Wildman–Crippen MR) is 160 cm³/mol. The number of carbonyl (C=O) groups is 2. The number of rotatable bonds is 5. The van der Waals surface area contributed by atoms with Crippen LogP contribution in [0.1, 0.15) is 64.7 Å². The molecule has 2 bridgehead atoms. The molecule has 45 heavy (non-hydrogen) atoms. The van der Waals surface area contributed by atoms with Gasteiger partial charge in [0.2, 0.25) is 5.82 Å². The summed E-state index contributed by atoms with van der Waals surface area (Å²) in [5, 5.41) is 12.7. The van der Waals surface area contributed by atoms with Crippen molar-refractivity contribution in [3.8, 4) is 28.1 Å². The molecule has 2 saturated heterocycles. The molecule has 1 aromatic carbocycles. The molecular weight excluding hydrogens is 579 g/mol. The van der Waals surface area contributed by atoms with Crippen LogP contribution in [0.2, 0.25) is 0 Å². The number of aromatic amines is 1. The highest BCUT2D eigenvalue weighted by Crippen LogP contribution is 2.46. The number of nitrogens with two attached hydrogens (primary N) is 1. The number of benzene rings is 1. The van der Waals surface area contributed by atoms with E-state index in [4.69, 9.17) is 15.6 Å². The number of methoxy groups -OCH3 is 1. The van der Waals surface area contributed by atoms with Crippen LogP contribution >= 0.6 is 0 Å². The highest BCUT2D eigenvalue weighted by atomic mass is 19.1. The van der Waals surface area contributed by atoms with Gasteiger partial charge in [-0.2, -0.15) is 14.7 Å². The fraction of sp³-hybridized carbons (Fsp3) is 0.323. The maximum atomic E-state index is 14.3. The van der Waals surface area contributed by atoms with Crippen molar-refractivity contribution in [2.45, 2.75) is 50.1 Å². The highest BCUT2D eigenvalue weighted by Gasteiger charge is 2.46. The lowest BCUT2D eigenvalue weighted by atomic mass is 9.84. The normalized spacial score (nSPS) is 21.0. The second-order valence-corrected chi connectivity index (χ2v) is 11.7. The Balaban J connectivity index is 1.18. The van der Waals surface area contributed by atoms with Crippen molar-refractivity contribution in [3.05, 3.63) is 72.0 Å². The van der Waals surface area contributed by atoms with Crippen molar-refractivity contribution in [1.82, 2.24) is 39.7 Å². The molecule has 5 aromatic rings. The van der Waals surface area contributed by atoms with Crippen LogP contribution < -0.4 is 15.6 Å². The Morgan fingerprint density at radius 3 is 2.58 bits per heavy atom. The van der Waals surface area contributed by atoms with Gasteiger partial charge in [0.15, 0.2) is 28.8 Å². The number of hydrogen-bond acceptors (Lipinski definition) is 10. The molecular formula is C31H29FN10O3. The molecule has 2 unspecified atom stereocenters. The van der Waals surface area contributed by atoms with Crippen molar-refractivity contribution in [2.75, 3.05) is 18.7 Å². The van der Waals surface area contributed by atoms with Crippen LogP contribution in [0.4, 0.5) is 10.2 Å². The predicted octanol–water partition coefficient (Wildman–Crippen LogP) is 3.54. The number of carbonyl (C=O) groups excluding carboxylic acids is 2. The van der Waals surface area contributed by atoms with Gasteiger partial charge in [-0.05, 0) is 49.9 Å². The third-order valence-electron chi connectivity index (χ3n) is 9.28. The van der Waals surface area contributed by atoms with E-state index in [0.29, 0.717) is 53.4 Å². The Morgan fingerprint density at radius 2 is 1.89 bits per heavy atom. The smallest absolute Gasteiger partial charge is 0.291 e. The van der Waals surface area contributed by atoms with Crippen LogP contribution in [0.25, 0.3) is 28.0 Å². The van der Waals surface area contributed by atoms with Gasteiger partial charge < -0.3 is 9.64 Å². The SMILES string of the molecule is COc1ccc(-c2ccc(-c3cnn4c5c(c(C6CC7CCC(C6)N7C(=O)c6ncn[nH]6)nc34)C(=O)CCN5N)cn2)cc1F. The summed E-state index contributed by atoms with van der Waals surface area (Å²) in [5.74, 6) is 6.72. The number of hydrogen-bond donors (Lipinski definition) is 2. The number of amides is 1. The zero-order chi connectivity index (χ0) is 30.8. The topological polar surface area (TPSA) is 161 Å². The molecule has 3 aliphatic heterocycles. The van der Waals surface area contributed by atoms with Crippen LogP contribution in [-0.2, 0) is 0 Å². The van der Waals surface area contributed by atoms with E-state index < -0.39 is 5.82 Å². The summed E-state index contributed by atoms with van der Waals surface area (Å²) < 4.78 is 21.0. The number of nitrogens with zero attached hydrogens (tertiary/aromatic N) is 8.